The van der Waals surface area contributed by atoms with Gasteiger partial charge < -0.3 is 50.8 Å². The minimum Gasteiger partial charge on any atom is -0.481 e. The van der Waals surface area contributed by atoms with E-state index in [0.29, 0.717) is 41.0 Å². The van der Waals surface area contributed by atoms with Crippen LogP contribution in [0.2, 0.25) is 0 Å². The van der Waals surface area contributed by atoms with Crippen LogP contribution in [0.3, 0.4) is 0 Å². The van der Waals surface area contributed by atoms with Gasteiger partial charge in [-0.3, -0.25) is 28.8 Å². The highest BCUT2D eigenvalue weighted by Gasteiger charge is 2.76. The topological polar surface area (TPSA) is 308 Å². The molecule has 7 N–H and O–H groups in total. The zero-order valence-electron chi connectivity index (χ0n) is 44.4. The maximum absolute atomic E-state index is 14.0. The molecule has 4 aromatic rings. The molecule has 12 rings (SSSR count). The second kappa shape index (κ2) is 21.1. The highest BCUT2D eigenvalue weighted by molar-refractivity contribution is 6.01. The van der Waals surface area contributed by atoms with Gasteiger partial charge in [0.05, 0.1) is 25.2 Å². The number of benzene rings is 3. The van der Waals surface area contributed by atoms with E-state index in [4.69, 9.17) is 14.2 Å². The zero-order valence-corrected chi connectivity index (χ0v) is 44.4. The van der Waals surface area contributed by atoms with Gasteiger partial charge in [0.25, 0.3) is 0 Å². The van der Waals surface area contributed by atoms with Crippen molar-refractivity contribution in [2.45, 2.75) is 127 Å². The first-order valence-electron chi connectivity index (χ1n) is 27.2. The molecule has 8 aliphatic rings. The third-order valence-electron chi connectivity index (χ3n) is 18.5. The van der Waals surface area contributed by atoms with Crippen molar-refractivity contribution >= 4 is 47.0 Å². The van der Waals surface area contributed by atoms with Gasteiger partial charge in [-0.05, 0) is 116 Å². The first-order chi connectivity index (χ1) is 38.3. The van der Waals surface area contributed by atoms with Crippen molar-refractivity contribution in [3.8, 4) is 11.4 Å². The lowest BCUT2D eigenvalue weighted by Gasteiger charge is -2.70. The number of nitrogens with zero attached hydrogens (tertiary/aromatic N) is 4. The first kappa shape index (κ1) is 54.4. The molecule has 0 radical (unpaired) electrons. The number of ketones is 2. The molecule has 2 heterocycles. The molecular weight excluding hydrogens is 1030 g/mol. The van der Waals surface area contributed by atoms with Crippen molar-refractivity contribution in [3.05, 3.63) is 125 Å². The predicted octanol–water partition coefficient (Wildman–Crippen LogP) is 4.58. The summed E-state index contributed by atoms with van der Waals surface area (Å²) < 4.78 is 19.0. The number of hydrogen-bond donors (Lipinski definition) is 7. The van der Waals surface area contributed by atoms with Gasteiger partial charge in [0.15, 0.2) is 29.8 Å². The average molecular weight is 1090 g/mol. The maximum atomic E-state index is 14.0. The van der Waals surface area contributed by atoms with Crippen molar-refractivity contribution in [2.75, 3.05) is 18.5 Å². The molecule has 0 spiro atoms. The van der Waals surface area contributed by atoms with E-state index in [1.165, 1.54) is 6.33 Å². The number of aliphatic hydroxyl groups is 2. The van der Waals surface area contributed by atoms with Crippen molar-refractivity contribution in [1.82, 2.24) is 36.3 Å². The molecule has 2 bridgehead atoms. The van der Waals surface area contributed by atoms with E-state index >= 15 is 0 Å². The lowest BCUT2D eigenvalue weighted by atomic mass is 9.38. The van der Waals surface area contributed by atoms with Crippen LogP contribution < -0.4 is 21.3 Å². The average Bonchev–Trinajstić information content (AvgIpc) is 4.07. The summed E-state index contributed by atoms with van der Waals surface area (Å²) in [7, 11) is 0. The summed E-state index contributed by atoms with van der Waals surface area (Å²) in [5.74, 6) is -3.15. The van der Waals surface area contributed by atoms with Gasteiger partial charge in [-0.25, -0.2) is 4.79 Å². The fourth-order valence-corrected chi connectivity index (χ4v) is 15.0. The smallest absolute Gasteiger partial charge is 0.407 e. The summed E-state index contributed by atoms with van der Waals surface area (Å²) in [4.78, 5) is 89.5. The number of fused-ring (bicyclic) bond motifs is 7. The summed E-state index contributed by atoms with van der Waals surface area (Å²) in [6, 6.07) is 20.2. The molecule has 1 aliphatic heterocycles. The number of ether oxygens (including phenoxy) is 3. The number of carboxylic acids is 1. The Kier molecular flexibility index (Phi) is 14.4. The fourth-order valence-electron chi connectivity index (χ4n) is 15.0. The lowest BCUT2D eigenvalue weighted by molar-refractivity contribution is -0.201. The highest BCUT2D eigenvalue weighted by Crippen LogP contribution is 2.71. The summed E-state index contributed by atoms with van der Waals surface area (Å²) in [5, 5.41) is 57.7. The number of hydrogen-bond acceptors (Lipinski definition) is 16. The van der Waals surface area contributed by atoms with Gasteiger partial charge in [-0.2, -0.15) is 0 Å². The van der Waals surface area contributed by atoms with Crippen LogP contribution in [-0.2, 0) is 62.4 Å². The van der Waals surface area contributed by atoms with E-state index in [2.05, 4.69) is 48.6 Å². The molecule has 1 aromatic heterocycles. The Balaban J connectivity index is 0.619. The van der Waals surface area contributed by atoms with Crippen LogP contribution in [0.15, 0.2) is 103 Å². The van der Waals surface area contributed by atoms with Crippen LogP contribution in [0.4, 0.5) is 10.5 Å². The number of Topliss-reactive ketones (excluding diaryl/α,β-unsaturated/α-hetero) is 1. The molecule has 4 amide bonds. The van der Waals surface area contributed by atoms with Gasteiger partial charge in [0, 0.05) is 45.5 Å². The molecule has 7 fully saturated rings. The molecule has 7 aliphatic carbocycles. The summed E-state index contributed by atoms with van der Waals surface area (Å²) >= 11 is 0. The third kappa shape index (κ3) is 10.1. The molecule has 21 nitrogen and oxygen atoms in total. The van der Waals surface area contributed by atoms with E-state index < -0.39 is 96.1 Å². The molecular formula is C59H64N8O13. The van der Waals surface area contributed by atoms with Crippen LogP contribution in [0.25, 0.3) is 11.4 Å². The van der Waals surface area contributed by atoms with E-state index in [-0.39, 0.29) is 53.9 Å². The van der Waals surface area contributed by atoms with Gasteiger partial charge in [-0.15, -0.1) is 20.4 Å². The normalized spacial score (nSPS) is 31.5. The molecule has 21 heteroatoms. The van der Waals surface area contributed by atoms with Gasteiger partial charge in [-0.1, -0.05) is 86.2 Å². The molecule has 418 valence electrons. The number of aliphatic hydroxyl groups excluding tert-OH is 2. The number of alkyl carbamates (subject to hydrolysis) is 1. The van der Waals surface area contributed by atoms with Crippen LogP contribution in [0.1, 0.15) is 100 Å². The summed E-state index contributed by atoms with van der Waals surface area (Å²) in [6.45, 7) is 2.95. The quantitative estimate of drug-likeness (QED) is 0.0676. The SMILES string of the molecule is C[C@]12C=CC(=O)C=C1CC[C@@H]1[C@@H]2[C@@H](O)C[C@@]2(C)[C@H]1C[C@H]1O[C@@H](c3ccc(CC45CC(NC(=O)OCc6ccc(NC(=O)[C@H](CCC(=O)O)NC(=O)CNC(=O)Cc7ccc(-c8nncnn8)cc7)cc6)(C4)C5)cc3)O[C@]12C(=O)CO. The number of carbonyl (C=O) groups excluding carboxylic acids is 6. The Bertz CT molecular complexity index is 3150. The number of nitrogens with one attached hydrogen (secondary N) is 4. The Hall–Kier alpha value is -7.59. The number of rotatable bonds is 19. The molecule has 1 saturated heterocycles. The minimum atomic E-state index is -1.43. The number of amides is 4. The molecule has 0 unspecified atom stereocenters. The third-order valence-corrected chi connectivity index (χ3v) is 18.5. The minimum absolute atomic E-state index is 0.00236. The van der Waals surface area contributed by atoms with Gasteiger partial charge in [0.2, 0.25) is 23.5 Å². The number of anilines is 1. The van der Waals surface area contributed by atoms with Crippen LogP contribution >= 0.6 is 0 Å². The highest BCUT2D eigenvalue weighted by atomic mass is 16.7. The van der Waals surface area contributed by atoms with Gasteiger partial charge in [0.1, 0.15) is 19.3 Å². The van der Waals surface area contributed by atoms with E-state index in [9.17, 15) is 48.9 Å². The van der Waals surface area contributed by atoms with Gasteiger partial charge >= 0.3 is 12.1 Å². The van der Waals surface area contributed by atoms with Crippen molar-refractivity contribution in [1.29, 1.82) is 0 Å². The number of aliphatic carboxylic acids is 1. The molecule has 80 heavy (non-hydrogen) atoms. The van der Waals surface area contributed by atoms with Crippen LogP contribution in [-0.4, -0.2) is 120 Å². The lowest BCUT2D eigenvalue weighted by Crippen LogP contribution is -2.75. The Morgan fingerprint density at radius 1 is 0.887 bits per heavy atom. The number of carboxylic acid groups (broad SMARTS) is 1. The van der Waals surface area contributed by atoms with Crippen molar-refractivity contribution < 1.29 is 63.1 Å². The summed E-state index contributed by atoms with van der Waals surface area (Å²) in [6.07, 6.45) is 8.70. The monoisotopic (exact) mass is 1090 g/mol. The maximum Gasteiger partial charge on any atom is 0.407 e. The Labute approximate surface area is 460 Å². The number of carbonyl (C=O) groups is 7. The summed E-state index contributed by atoms with van der Waals surface area (Å²) in [5.41, 5.74) is 2.25. The number of aromatic nitrogens is 4. The largest absolute Gasteiger partial charge is 0.481 e. The van der Waals surface area contributed by atoms with Crippen molar-refractivity contribution in [2.24, 2.45) is 34.0 Å². The Morgan fingerprint density at radius 2 is 1.59 bits per heavy atom. The van der Waals surface area contributed by atoms with Crippen LogP contribution in [0.5, 0.6) is 0 Å². The first-order valence-corrected chi connectivity index (χ1v) is 27.2. The predicted molar refractivity (Wildman–Crippen MR) is 283 cm³/mol. The Morgan fingerprint density at radius 3 is 2.29 bits per heavy atom. The van der Waals surface area contributed by atoms with E-state index in [1.54, 1.807) is 60.7 Å². The molecule has 3 aromatic carbocycles. The second-order valence-electron chi connectivity index (χ2n) is 23.5. The second-order valence-corrected chi connectivity index (χ2v) is 23.5. The molecule has 6 saturated carbocycles. The van der Waals surface area contributed by atoms with E-state index in [0.717, 1.165) is 55.2 Å². The van der Waals surface area contributed by atoms with Crippen LogP contribution in [0, 0.1) is 34.0 Å². The van der Waals surface area contributed by atoms with Crippen molar-refractivity contribution in [3.63, 3.8) is 0 Å². The molecule has 10 atom stereocenters. The van der Waals surface area contributed by atoms with E-state index in [1.807, 2.05) is 37.3 Å². The number of allylic oxidation sites excluding steroid dienone is 4. The fraction of sp³-hybridized carbons (Fsp3) is 0.475. The standard InChI is InChI=1S/C59H64N8O13/c1-55-20-19-40(69)22-38(55)13-16-41-42-23-46-59(45(71)27-68,56(42,2)25-44(70)50(41)55)80-53(79-46)37-11-5-34(6-12-37)24-57-29-58(30-57,31-57)65-54(77)78-28-35-7-14-39(15-8-35)63-52(76)43(17-18-49(74)75)64-48(73)26-60-47(72)21-33-3-9-36(10-4-33)51-66-61-32-62-67-51/h3-12,14-15,19-20,22,32,41-44,46,50,53,68,70H,13,16-18,21,23-31H2,1-2H3,(H,60,72)(H,63,76)(H,64,73)(H,65,77)(H,74,75)/t41-,42-,43-,44-,46+,50+,53+,55-,56-,57?,58?,59+/m0/s1. The zero-order chi connectivity index (χ0) is 56.2.